The van der Waals surface area contributed by atoms with Gasteiger partial charge in [0.05, 0.1) is 5.56 Å². The first-order valence-corrected chi connectivity index (χ1v) is 9.55. The third kappa shape index (κ3) is 11.4. The number of rotatable bonds is 9. The summed E-state index contributed by atoms with van der Waals surface area (Å²) in [7, 11) is 4.10. The first-order valence-electron chi connectivity index (χ1n) is 9.17. The molecule has 0 saturated carbocycles. The van der Waals surface area contributed by atoms with E-state index in [1.807, 2.05) is 38.4 Å². The van der Waals surface area contributed by atoms with Gasteiger partial charge in [0.15, 0.2) is 0 Å². The van der Waals surface area contributed by atoms with Crippen molar-refractivity contribution in [1.82, 2.24) is 10.2 Å². The molecule has 0 bridgehead atoms. The van der Waals surface area contributed by atoms with Gasteiger partial charge in [-0.2, -0.15) is 5.26 Å². The minimum atomic E-state index is -1.26. The van der Waals surface area contributed by atoms with Crippen molar-refractivity contribution in [1.29, 1.82) is 5.26 Å². The molecule has 0 unspecified atom stereocenters. The minimum Gasteiger partial charge on any atom is -0.478 e. The van der Waals surface area contributed by atoms with Crippen LogP contribution in [0.4, 0.5) is 0 Å². The quantitative estimate of drug-likeness (QED) is 0.396. The lowest BCUT2D eigenvalue weighted by atomic mass is 10.2. The van der Waals surface area contributed by atoms with Gasteiger partial charge >= 0.3 is 11.9 Å². The van der Waals surface area contributed by atoms with E-state index in [4.69, 9.17) is 31.8 Å². The van der Waals surface area contributed by atoms with E-state index in [1.54, 1.807) is 18.2 Å². The van der Waals surface area contributed by atoms with E-state index in [9.17, 15) is 9.59 Å². The van der Waals surface area contributed by atoms with E-state index < -0.39 is 11.9 Å². The zero-order valence-electron chi connectivity index (χ0n) is 17.2. The second-order valence-corrected chi connectivity index (χ2v) is 6.93. The second kappa shape index (κ2) is 13.8. The van der Waals surface area contributed by atoms with Crippen molar-refractivity contribution in [3.8, 4) is 17.6 Å². The van der Waals surface area contributed by atoms with Gasteiger partial charge in [-0.25, -0.2) is 9.59 Å². The van der Waals surface area contributed by atoms with Crippen molar-refractivity contribution in [2.24, 2.45) is 0 Å². The molecule has 0 aliphatic carbocycles. The molecule has 0 aliphatic heterocycles. The zero-order valence-corrected chi connectivity index (χ0v) is 18.0. The van der Waals surface area contributed by atoms with E-state index in [1.165, 1.54) is 0 Å². The highest BCUT2D eigenvalue weighted by Crippen LogP contribution is 2.28. The van der Waals surface area contributed by atoms with Crippen molar-refractivity contribution in [2.45, 2.75) is 6.54 Å². The summed E-state index contributed by atoms with van der Waals surface area (Å²) in [4.78, 5) is 21.2. The summed E-state index contributed by atoms with van der Waals surface area (Å²) in [5.74, 6) is -1.35. The van der Waals surface area contributed by atoms with Crippen LogP contribution in [0.1, 0.15) is 11.1 Å². The number of ether oxygens (including phenoxy) is 1. The monoisotopic (exact) mass is 445 g/mol. The van der Waals surface area contributed by atoms with Gasteiger partial charge in [-0.05, 0) is 43.9 Å². The van der Waals surface area contributed by atoms with Crippen molar-refractivity contribution >= 4 is 23.5 Å². The number of hydrogen-bond acceptors (Lipinski definition) is 6. The Morgan fingerprint density at radius 2 is 1.84 bits per heavy atom. The van der Waals surface area contributed by atoms with Gasteiger partial charge in [0, 0.05) is 42.9 Å². The molecule has 31 heavy (non-hydrogen) atoms. The number of nitrogens with one attached hydrogen (secondary N) is 1. The summed E-state index contributed by atoms with van der Waals surface area (Å²) in [5, 5.41) is 28.7. The molecule has 3 N–H and O–H groups in total. The Kier molecular flexibility index (Phi) is 11.4. The maximum atomic E-state index is 9.55. The largest absolute Gasteiger partial charge is 0.478 e. The van der Waals surface area contributed by atoms with Crippen LogP contribution in [0.3, 0.4) is 0 Å². The molecule has 0 amide bonds. The molecular weight excluding hydrogens is 422 g/mol. The molecule has 0 saturated heterocycles. The van der Waals surface area contributed by atoms with E-state index in [-0.39, 0.29) is 0 Å². The highest BCUT2D eigenvalue weighted by atomic mass is 35.5. The molecular formula is C22H24ClN3O5. The summed E-state index contributed by atoms with van der Waals surface area (Å²) in [5.41, 5.74) is 1.59. The van der Waals surface area contributed by atoms with Gasteiger partial charge < -0.3 is 25.2 Å². The molecule has 2 aromatic carbocycles. The summed E-state index contributed by atoms with van der Waals surface area (Å²) in [6.07, 6.45) is 1.12. The van der Waals surface area contributed by atoms with Crippen LogP contribution < -0.4 is 10.1 Å². The predicted molar refractivity (Wildman–Crippen MR) is 117 cm³/mol. The number of nitrogens with zero attached hydrogens (tertiary/aromatic N) is 2. The highest BCUT2D eigenvalue weighted by molar-refractivity contribution is 6.30. The fraction of sp³-hybridized carbons (Fsp3) is 0.227. The molecule has 2 rings (SSSR count). The molecule has 8 nitrogen and oxygen atoms in total. The maximum absolute atomic E-state index is 9.55. The van der Waals surface area contributed by atoms with Gasteiger partial charge in [-0.15, -0.1) is 0 Å². The standard InChI is InChI=1S/C18H20ClN3O.C4H4O4/c1-22(2)9-8-21-13-14-4-3-5-17(10-14)23-18-11-16(19)7-6-15(18)12-20;5-3(6)1-2-4(7)8/h3-7,10-11,21H,8-9,13H2,1-2H3;1-2H,(H,5,6)(H,7,8). The number of carboxylic acids is 2. The average molecular weight is 446 g/mol. The first-order chi connectivity index (χ1) is 14.7. The summed E-state index contributed by atoms with van der Waals surface area (Å²) in [6.45, 7) is 2.68. The molecule has 0 atom stereocenters. The lowest BCUT2D eigenvalue weighted by Crippen LogP contribution is -2.26. The van der Waals surface area contributed by atoms with Crippen LogP contribution in [-0.2, 0) is 16.1 Å². The predicted octanol–water partition coefficient (Wildman–Crippen LogP) is 3.37. The van der Waals surface area contributed by atoms with E-state index in [2.05, 4.69) is 16.3 Å². The number of carbonyl (C=O) groups is 2. The van der Waals surface area contributed by atoms with Crippen LogP contribution in [0.2, 0.25) is 5.02 Å². The van der Waals surface area contributed by atoms with Gasteiger partial charge in [0.25, 0.3) is 0 Å². The van der Waals surface area contributed by atoms with Gasteiger partial charge in [0.2, 0.25) is 0 Å². The lowest BCUT2D eigenvalue weighted by molar-refractivity contribution is -0.134. The van der Waals surface area contributed by atoms with Crippen LogP contribution in [0.15, 0.2) is 54.6 Å². The minimum absolute atomic E-state index is 0.462. The Bertz CT molecular complexity index is 938. The second-order valence-electron chi connectivity index (χ2n) is 6.49. The third-order valence-corrected chi connectivity index (χ3v) is 3.86. The molecule has 0 spiro atoms. The Hall–Kier alpha value is -3.38. The Morgan fingerprint density at radius 1 is 1.16 bits per heavy atom. The van der Waals surface area contributed by atoms with Gasteiger partial charge in [-0.3, -0.25) is 0 Å². The molecule has 0 aromatic heterocycles. The number of carboxylic acid groups (broad SMARTS) is 2. The maximum Gasteiger partial charge on any atom is 0.328 e. The van der Waals surface area contributed by atoms with Crippen LogP contribution in [-0.4, -0.2) is 54.2 Å². The van der Waals surface area contributed by atoms with Crippen LogP contribution in [0.25, 0.3) is 0 Å². The van der Waals surface area contributed by atoms with Crippen LogP contribution in [0.5, 0.6) is 11.5 Å². The van der Waals surface area contributed by atoms with Crippen molar-refractivity contribution in [2.75, 3.05) is 27.2 Å². The number of halogens is 1. The fourth-order valence-electron chi connectivity index (χ4n) is 2.20. The van der Waals surface area contributed by atoms with Crippen molar-refractivity contribution in [3.63, 3.8) is 0 Å². The topological polar surface area (TPSA) is 123 Å². The molecule has 0 aliphatic rings. The fourth-order valence-corrected chi connectivity index (χ4v) is 2.36. The SMILES string of the molecule is CN(C)CCNCc1cccc(Oc2cc(Cl)ccc2C#N)c1.O=C(O)C=CC(=O)O. The van der Waals surface area contributed by atoms with Crippen LogP contribution in [0, 0.1) is 11.3 Å². The summed E-state index contributed by atoms with van der Waals surface area (Å²) >= 11 is 5.98. The number of benzene rings is 2. The normalized spacial score (nSPS) is 10.3. The van der Waals surface area contributed by atoms with E-state index in [0.29, 0.717) is 34.2 Å². The molecule has 0 heterocycles. The highest BCUT2D eigenvalue weighted by Gasteiger charge is 2.06. The Morgan fingerprint density at radius 3 is 2.42 bits per heavy atom. The smallest absolute Gasteiger partial charge is 0.328 e. The van der Waals surface area contributed by atoms with Crippen molar-refractivity contribution < 1.29 is 24.5 Å². The summed E-state index contributed by atoms with van der Waals surface area (Å²) < 4.78 is 5.82. The number of nitriles is 1. The van der Waals surface area contributed by atoms with Crippen molar-refractivity contribution in [3.05, 3.63) is 70.8 Å². The van der Waals surface area contributed by atoms with E-state index in [0.717, 1.165) is 25.2 Å². The Balaban J connectivity index is 0.000000512. The number of aliphatic carboxylic acids is 2. The molecule has 0 radical (unpaired) electrons. The lowest BCUT2D eigenvalue weighted by Gasteiger charge is -2.12. The zero-order chi connectivity index (χ0) is 23.2. The molecule has 164 valence electrons. The first kappa shape index (κ1) is 25.7. The van der Waals surface area contributed by atoms with Crippen LogP contribution >= 0.6 is 11.6 Å². The Labute approximate surface area is 185 Å². The molecule has 0 fully saturated rings. The molecule has 9 heteroatoms. The van der Waals surface area contributed by atoms with E-state index >= 15 is 0 Å². The third-order valence-electron chi connectivity index (χ3n) is 3.62. The average Bonchev–Trinajstić information content (AvgIpc) is 2.70. The van der Waals surface area contributed by atoms with Gasteiger partial charge in [0.1, 0.15) is 17.6 Å². The van der Waals surface area contributed by atoms with Gasteiger partial charge in [-0.1, -0.05) is 23.7 Å². The summed E-state index contributed by atoms with van der Waals surface area (Å²) in [6, 6.07) is 14.9. The number of likely N-dealkylation sites (N-methyl/N-ethyl adjacent to an activating group) is 1. The molecule has 2 aromatic rings. The number of hydrogen-bond donors (Lipinski definition) is 3.